The highest BCUT2D eigenvalue weighted by Gasteiger charge is 2.30. The third kappa shape index (κ3) is 3.32. The molecule has 2 amide bonds. The molecule has 2 aromatic heterocycles. The van der Waals surface area contributed by atoms with Gasteiger partial charge in [-0.3, -0.25) is 25.1 Å². The highest BCUT2D eigenvalue weighted by atomic mass is 32.1. The molecule has 0 unspecified atom stereocenters. The Bertz CT molecular complexity index is 989. The lowest BCUT2D eigenvalue weighted by Gasteiger charge is -2.05. The zero-order valence-electron chi connectivity index (χ0n) is 14.1. The summed E-state index contributed by atoms with van der Waals surface area (Å²) < 4.78 is 14.9. The number of amides is 2. The van der Waals surface area contributed by atoms with Crippen molar-refractivity contribution in [1.82, 2.24) is 20.6 Å². The molecule has 1 aliphatic carbocycles. The number of hydrogen-bond donors (Lipinski definition) is 2. The summed E-state index contributed by atoms with van der Waals surface area (Å²) in [5, 5.41) is 5.40. The van der Waals surface area contributed by atoms with E-state index in [0.29, 0.717) is 11.4 Å². The Morgan fingerprint density at radius 3 is 2.69 bits per heavy atom. The third-order valence-corrected chi connectivity index (χ3v) is 5.47. The second-order valence-electron chi connectivity index (χ2n) is 6.42. The first-order valence-electron chi connectivity index (χ1n) is 8.33. The first kappa shape index (κ1) is 16.7. The summed E-state index contributed by atoms with van der Waals surface area (Å²) in [5.74, 6) is -0.728. The van der Waals surface area contributed by atoms with Gasteiger partial charge in [-0.15, -0.1) is 11.3 Å². The standard InChI is InChI=1S/C18H17FN4O2S/c1-10-14-8-15(17(25)21-20-16(24)12-4-5-12)26-18(14)23(22-10)9-11-2-6-13(19)7-3-11/h2-3,6-8,12H,4-5,9H2,1H3,(H,20,24)(H,21,25). The Morgan fingerprint density at radius 2 is 2.00 bits per heavy atom. The Hall–Kier alpha value is -2.74. The topological polar surface area (TPSA) is 76.0 Å². The third-order valence-electron chi connectivity index (χ3n) is 4.32. The number of fused-ring (bicyclic) bond motifs is 1. The molecule has 0 bridgehead atoms. The van der Waals surface area contributed by atoms with E-state index in [0.717, 1.165) is 34.3 Å². The van der Waals surface area contributed by atoms with E-state index in [2.05, 4.69) is 16.0 Å². The van der Waals surface area contributed by atoms with Crippen molar-refractivity contribution in [2.75, 3.05) is 0 Å². The average molecular weight is 372 g/mol. The van der Waals surface area contributed by atoms with Crippen LogP contribution in [-0.2, 0) is 11.3 Å². The fourth-order valence-corrected chi connectivity index (χ4v) is 3.78. The molecule has 4 rings (SSSR count). The number of nitrogens with one attached hydrogen (secondary N) is 2. The second-order valence-corrected chi connectivity index (χ2v) is 7.45. The Labute approximate surface area is 153 Å². The molecule has 0 aliphatic heterocycles. The predicted octanol–water partition coefficient (Wildman–Crippen LogP) is 2.76. The van der Waals surface area contributed by atoms with Crippen molar-refractivity contribution in [3.8, 4) is 0 Å². The number of carbonyl (C=O) groups excluding carboxylic acids is 2. The van der Waals surface area contributed by atoms with E-state index in [9.17, 15) is 14.0 Å². The molecule has 1 fully saturated rings. The lowest BCUT2D eigenvalue weighted by atomic mass is 10.2. The van der Waals surface area contributed by atoms with Gasteiger partial charge in [0, 0.05) is 11.3 Å². The fourth-order valence-electron chi connectivity index (χ4n) is 2.72. The SMILES string of the molecule is Cc1nn(Cc2ccc(F)cc2)c2sc(C(=O)NNC(=O)C3CC3)cc12. The van der Waals surface area contributed by atoms with Gasteiger partial charge in [-0.1, -0.05) is 12.1 Å². The number of nitrogens with zero attached hydrogens (tertiary/aromatic N) is 2. The van der Waals surface area contributed by atoms with Gasteiger partial charge in [-0.05, 0) is 43.5 Å². The summed E-state index contributed by atoms with van der Waals surface area (Å²) in [4.78, 5) is 25.3. The molecule has 26 heavy (non-hydrogen) atoms. The quantitative estimate of drug-likeness (QED) is 0.692. The number of hydrogen-bond acceptors (Lipinski definition) is 4. The summed E-state index contributed by atoms with van der Waals surface area (Å²) in [6.07, 6.45) is 1.76. The molecule has 1 aliphatic rings. The van der Waals surface area contributed by atoms with Gasteiger partial charge in [0.05, 0.1) is 17.1 Å². The van der Waals surface area contributed by atoms with E-state index in [1.54, 1.807) is 18.2 Å². The minimum atomic E-state index is -0.340. The molecule has 3 aromatic rings. The van der Waals surface area contributed by atoms with Crippen molar-refractivity contribution in [3.05, 3.63) is 52.3 Å². The number of thiophene rings is 1. The number of carbonyl (C=O) groups is 2. The van der Waals surface area contributed by atoms with Crippen molar-refractivity contribution < 1.29 is 14.0 Å². The molecule has 0 saturated heterocycles. The van der Waals surface area contributed by atoms with Gasteiger partial charge in [0.15, 0.2) is 0 Å². The number of benzene rings is 1. The van der Waals surface area contributed by atoms with Crippen molar-refractivity contribution in [1.29, 1.82) is 0 Å². The first-order chi connectivity index (χ1) is 12.5. The van der Waals surface area contributed by atoms with Gasteiger partial charge < -0.3 is 0 Å². The monoisotopic (exact) mass is 372 g/mol. The second kappa shape index (κ2) is 6.53. The summed E-state index contributed by atoms with van der Waals surface area (Å²) in [7, 11) is 0. The molecular weight excluding hydrogens is 355 g/mol. The van der Waals surface area contributed by atoms with Crippen molar-refractivity contribution in [2.45, 2.75) is 26.3 Å². The Kier molecular flexibility index (Phi) is 4.20. The van der Waals surface area contributed by atoms with Crippen LogP contribution in [0.3, 0.4) is 0 Å². The zero-order chi connectivity index (χ0) is 18.3. The molecule has 0 atom stereocenters. The lowest BCUT2D eigenvalue weighted by Crippen LogP contribution is -2.42. The van der Waals surface area contributed by atoms with Crippen LogP contribution >= 0.6 is 11.3 Å². The molecule has 2 N–H and O–H groups in total. The highest BCUT2D eigenvalue weighted by Crippen LogP contribution is 2.30. The summed E-state index contributed by atoms with van der Waals surface area (Å²) >= 11 is 1.31. The Balaban J connectivity index is 1.53. The summed E-state index contributed by atoms with van der Waals surface area (Å²) in [6.45, 7) is 2.37. The maximum atomic E-state index is 13.1. The van der Waals surface area contributed by atoms with E-state index < -0.39 is 0 Å². The number of aryl methyl sites for hydroxylation is 1. The Morgan fingerprint density at radius 1 is 1.27 bits per heavy atom. The molecule has 1 saturated carbocycles. The predicted molar refractivity (Wildman–Crippen MR) is 96.2 cm³/mol. The number of hydrazine groups is 1. The van der Waals surface area contributed by atoms with Crippen LogP contribution in [0.4, 0.5) is 4.39 Å². The first-order valence-corrected chi connectivity index (χ1v) is 9.14. The van der Waals surface area contributed by atoms with Crippen LogP contribution in [0, 0.1) is 18.7 Å². The largest absolute Gasteiger partial charge is 0.279 e. The van der Waals surface area contributed by atoms with Crippen LogP contribution in [0.1, 0.15) is 33.8 Å². The van der Waals surface area contributed by atoms with Crippen LogP contribution in [0.2, 0.25) is 0 Å². The summed E-state index contributed by atoms with van der Waals surface area (Å²) in [6, 6.07) is 8.04. The fraction of sp³-hybridized carbons (Fsp3) is 0.278. The number of rotatable bonds is 4. The van der Waals surface area contributed by atoms with E-state index in [1.165, 1.54) is 23.5 Å². The minimum Gasteiger partial charge on any atom is -0.273 e. The molecule has 0 radical (unpaired) electrons. The normalized spacial score (nSPS) is 13.8. The maximum Gasteiger partial charge on any atom is 0.279 e. The van der Waals surface area contributed by atoms with Crippen LogP contribution in [0.5, 0.6) is 0 Å². The molecular formula is C18H17FN4O2S. The van der Waals surface area contributed by atoms with Crippen molar-refractivity contribution in [3.63, 3.8) is 0 Å². The molecule has 6 nitrogen and oxygen atoms in total. The van der Waals surface area contributed by atoms with Gasteiger partial charge in [0.25, 0.3) is 5.91 Å². The number of halogens is 1. The molecule has 2 heterocycles. The average Bonchev–Trinajstić information content (AvgIpc) is 3.31. The minimum absolute atomic E-state index is 0.0317. The highest BCUT2D eigenvalue weighted by molar-refractivity contribution is 7.20. The van der Waals surface area contributed by atoms with E-state index in [-0.39, 0.29) is 23.5 Å². The van der Waals surface area contributed by atoms with Gasteiger partial charge in [-0.2, -0.15) is 5.10 Å². The van der Waals surface area contributed by atoms with Gasteiger partial charge >= 0.3 is 0 Å². The summed E-state index contributed by atoms with van der Waals surface area (Å²) in [5.41, 5.74) is 6.67. The van der Waals surface area contributed by atoms with E-state index in [1.807, 2.05) is 11.6 Å². The maximum absolute atomic E-state index is 13.1. The van der Waals surface area contributed by atoms with E-state index in [4.69, 9.17) is 0 Å². The van der Waals surface area contributed by atoms with E-state index >= 15 is 0 Å². The number of aromatic nitrogens is 2. The zero-order valence-corrected chi connectivity index (χ0v) is 14.9. The molecule has 0 spiro atoms. The molecule has 8 heteroatoms. The van der Waals surface area contributed by atoms with Gasteiger partial charge in [-0.25, -0.2) is 4.39 Å². The van der Waals surface area contributed by atoms with Crippen molar-refractivity contribution in [2.24, 2.45) is 5.92 Å². The van der Waals surface area contributed by atoms with Crippen LogP contribution < -0.4 is 10.9 Å². The smallest absolute Gasteiger partial charge is 0.273 e. The van der Waals surface area contributed by atoms with Gasteiger partial charge in [0.2, 0.25) is 5.91 Å². The lowest BCUT2D eigenvalue weighted by molar-refractivity contribution is -0.123. The van der Waals surface area contributed by atoms with Gasteiger partial charge in [0.1, 0.15) is 10.6 Å². The molecule has 1 aromatic carbocycles. The molecule has 134 valence electrons. The van der Waals surface area contributed by atoms with Crippen molar-refractivity contribution >= 4 is 33.4 Å². The van der Waals surface area contributed by atoms with Crippen LogP contribution in [0.15, 0.2) is 30.3 Å². The van der Waals surface area contributed by atoms with Crippen LogP contribution in [-0.4, -0.2) is 21.6 Å². The van der Waals surface area contributed by atoms with Crippen LogP contribution in [0.25, 0.3) is 10.2 Å².